The van der Waals surface area contributed by atoms with E-state index < -0.39 is 0 Å². The van der Waals surface area contributed by atoms with Crippen molar-refractivity contribution in [1.82, 2.24) is 0 Å². The molecule has 0 heterocycles. The standard InChI is InChI=1S/C16H15Br3O5/c1-2-24-6-9-7(4-10(20)15(22)13(9)18)3-8-5-11(21)16(23)14(19)12(8)17/h4-5,20-23H,2-3,6H2,1H3. The first-order chi connectivity index (χ1) is 11.3. The van der Waals surface area contributed by atoms with Gasteiger partial charge in [0.05, 0.1) is 15.6 Å². The monoisotopic (exact) mass is 524 g/mol. The summed E-state index contributed by atoms with van der Waals surface area (Å²) in [7, 11) is 0. The van der Waals surface area contributed by atoms with Crippen LogP contribution in [0.5, 0.6) is 23.0 Å². The Labute approximate surface area is 164 Å². The van der Waals surface area contributed by atoms with Crippen molar-refractivity contribution in [2.45, 2.75) is 20.0 Å². The van der Waals surface area contributed by atoms with Gasteiger partial charge in [-0.1, -0.05) is 0 Å². The molecule has 2 aromatic rings. The van der Waals surface area contributed by atoms with Gasteiger partial charge in [0.25, 0.3) is 0 Å². The summed E-state index contributed by atoms with van der Waals surface area (Å²) >= 11 is 9.88. The molecule has 24 heavy (non-hydrogen) atoms. The van der Waals surface area contributed by atoms with Gasteiger partial charge in [0.15, 0.2) is 23.0 Å². The highest BCUT2D eigenvalue weighted by molar-refractivity contribution is 9.13. The molecule has 0 bridgehead atoms. The van der Waals surface area contributed by atoms with Crippen molar-refractivity contribution in [3.8, 4) is 23.0 Å². The molecule has 0 fully saturated rings. The third-order valence-corrected chi connectivity index (χ3v) is 6.55. The molecule has 0 amide bonds. The van der Waals surface area contributed by atoms with E-state index in [9.17, 15) is 20.4 Å². The van der Waals surface area contributed by atoms with Crippen molar-refractivity contribution < 1.29 is 25.2 Å². The van der Waals surface area contributed by atoms with E-state index in [2.05, 4.69) is 47.8 Å². The van der Waals surface area contributed by atoms with E-state index in [0.717, 1.165) is 0 Å². The molecular formula is C16H15Br3O5. The fraction of sp³-hybridized carbons (Fsp3) is 0.250. The summed E-state index contributed by atoms with van der Waals surface area (Å²) in [6.45, 7) is 2.62. The van der Waals surface area contributed by atoms with E-state index in [-0.39, 0.29) is 29.6 Å². The maximum absolute atomic E-state index is 9.91. The molecule has 0 aliphatic carbocycles. The molecule has 0 radical (unpaired) electrons. The molecule has 0 atom stereocenters. The van der Waals surface area contributed by atoms with Crippen LogP contribution in [0.25, 0.3) is 0 Å². The molecule has 8 heteroatoms. The van der Waals surface area contributed by atoms with Gasteiger partial charge >= 0.3 is 0 Å². The van der Waals surface area contributed by atoms with Gasteiger partial charge < -0.3 is 25.2 Å². The van der Waals surface area contributed by atoms with Crippen molar-refractivity contribution in [2.24, 2.45) is 0 Å². The van der Waals surface area contributed by atoms with Crippen LogP contribution in [0.3, 0.4) is 0 Å². The molecular weight excluding hydrogens is 512 g/mol. The number of hydrogen-bond donors (Lipinski definition) is 4. The summed E-state index contributed by atoms with van der Waals surface area (Å²) < 4.78 is 6.73. The lowest BCUT2D eigenvalue weighted by molar-refractivity contribution is 0.133. The molecule has 0 aromatic heterocycles. The maximum Gasteiger partial charge on any atom is 0.173 e. The van der Waals surface area contributed by atoms with Crippen LogP contribution >= 0.6 is 47.8 Å². The van der Waals surface area contributed by atoms with Crippen molar-refractivity contribution in [2.75, 3.05) is 6.61 Å². The third kappa shape index (κ3) is 3.82. The van der Waals surface area contributed by atoms with E-state index in [0.29, 0.717) is 43.1 Å². The first-order valence-electron chi connectivity index (χ1n) is 6.96. The molecule has 5 nitrogen and oxygen atoms in total. The molecule has 0 aliphatic heterocycles. The van der Waals surface area contributed by atoms with Crippen LogP contribution in [0.2, 0.25) is 0 Å². The van der Waals surface area contributed by atoms with Crippen LogP contribution in [0, 0.1) is 0 Å². The van der Waals surface area contributed by atoms with E-state index in [1.165, 1.54) is 12.1 Å². The lowest BCUT2D eigenvalue weighted by Gasteiger charge is -2.16. The molecule has 2 aromatic carbocycles. The lowest BCUT2D eigenvalue weighted by Crippen LogP contribution is -2.02. The average molecular weight is 527 g/mol. The van der Waals surface area contributed by atoms with Crippen molar-refractivity contribution in [1.29, 1.82) is 0 Å². The summed E-state index contributed by atoms with van der Waals surface area (Å²) in [6.07, 6.45) is 0.335. The quantitative estimate of drug-likeness (QED) is 0.415. The minimum atomic E-state index is -0.256. The predicted octanol–water partition coefficient (Wildman–Crippen LogP) is 4.92. The summed E-state index contributed by atoms with van der Waals surface area (Å²) in [5.41, 5.74) is 2.10. The van der Waals surface area contributed by atoms with E-state index in [1.807, 2.05) is 6.92 Å². The zero-order chi connectivity index (χ0) is 18.0. The van der Waals surface area contributed by atoms with E-state index in [4.69, 9.17) is 4.74 Å². The first-order valence-corrected chi connectivity index (χ1v) is 9.34. The predicted molar refractivity (Wildman–Crippen MR) is 101 cm³/mol. The van der Waals surface area contributed by atoms with Gasteiger partial charge in [-0.3, -0.25) is 0 Å². The van der Waals surface area contributed by atoms with Crippen LogP contribution in [0.4, 0.5) is 0 Å². The van der Waals surface area contributed by atoms with Gasteiger partial charge in [-0.25, -0.2) is 0 Å². The number of benzene rings is 2. The number of ether oxygens (including phenoxy) is 1. The van der Waals surface area contributed by atoms with Gasteiger partial charge in [0.2, 0.25) is 0 Å². The Kier molecular flexibility index (Phi) is 6.41. The highest BCUT2D eigenvalue weighted by Crippen LogP contribution is 2.44. The zero-order valence-corrected chi connectivity index (χ0v) is 17.4. The largest absolute Gasteiger partial charge is 0.504 e. The molecule has 2 rings (SSSR count). The van der Waals surface area contributed by atoms with E-state index >= 15 is 0 Å². The normalized spacial score (nSPS) is 11.0. The number of aromatic hydroxyl groups is 4. The highest BCUT2D eigenvalue weighted by atomic mass is 79.9. The Hall–Kier alpha value is -0.960. The second-order valence-electron chi connectivity index (χ2n) is 5.04. The van der Waals surface area contributed by atoms with Gasteiger partial charge in [0.1, 0.15) is 0 Å². The molecule has 0 saturated heterocycles. The second kappa shape index (κ2) is 7.95. The third-order valence-electron chi connectivity index (χ3n) is 3.48. The summed E-state index contributed by atoms with van der Waals surface area (Å²) in [5.74, 6) is -1.01. The van der Waals surface area contributed by atoms with Crippen molar-refractivity contribution >= 4 is 47.8 Å². The summed E-state index contributed by atoms with van der Waals surface area (Å²) in [5, 5.41) is 39.4. The van der Waals surface area contributed by atoms with Gasteiger partial charge in [-0.05, 0) is 90.0 Å². The number of halogens is 3. The number of phenolic OH excluding ortho intramolecular Hbond substituents is 4. The Bertz CT molecular complexity index is 777. The molecule has 0 aliphatic rings. The van der Waals surface area contributed by atoms with Crippen LogP contribution in [0.15, 0.2) is 25.6 Å². The zero-order valence-electron chi connectivity index (χ0n) is 12.6. The number of rotatable bonds is 5. The Morgan fingerprint density at radius 2 is 1.38 bits per heavy atom. The molecule has 130 valence electrons. The fourth-order valence-electron chi connectivity index (χ4n) is 2.22. The first kappa shape index (κ1) is 19.4. The van der Waals surface area contributed by atoms with E-state index in [1.54, 1.807) is 0 Å². The fourth-order valence-corrected chi connectivity index (χ4v) is 3.70. The maximum atomic E-state index is 9.91. The number of hydrogen-bond acceptors (Lipinski definition) is 5. The summed E-state index contributed by atoms with van der Waals surface area (Å²) in [6, 6.07) is 2.89. The van der Waals surface area contributed by atoms with Gasteiger partial charge in [-0.2, -0.15) is 0 Å². The smallest absolute Gasteiger partial charge is 0.173 e. The minimum Gasteiger partial charge on any atom is -0.504 e. The van der Waals surface area contributed by atoms with Crippen molar-refractivity contribution in [3.05, 3.63) is 42.2 Å². The topological polar surface area (TPSA) is 90.2 Å². The van der Waals surface area contributed by atoms with Crippen LogP contribution < -0.4 is 0 Å². The molecule has 4 N–H and O–H groups in total. The SMILES string of the molecule is CCOCc1c(Cc2cc(O)c(O)c(Br)c2Br)cc(O)c(O)c1Br. The summed E-state index contributed by atoms with van der Waals surface area (Å²) in [4.78, 5) is 0. The van der Waals surface area contributed by atoms with Crippen LogP contribution in [-0.2, 0) is 17.8 Å². The lowest BCUT2D eigenvalue weighted by atomic mass is 9.99. The van der Waals surface area contributed by atoms with Crippen LogP contribution in [-0.4, -0.2) is 27.0 Å². The van der Waals surface area contributed by atoms with Gasteiger partial charge in [0, 0.05) is 11.1 Å². The Balaban J connectivity index is 2.53. The van der Waals surface area contributed by atoms with Crippen LogP contribution in [0.1, 0.15) is 23.6 Å². The Morgan fingerprint density at radius 1 is 0.833 bits per heavy atom. The average Bonchev–Trinajstić information content (AvgIpc) is 2.55. The minimum absolute atomic E-state index is 0.248. The number of phenols is 4. The second-order valence-corrected chi connectivity index (χ2v) is 7.42. The van der Waals surface area contributed by atoms with Crippen molar-refractivity contribution in [3.63, 3.8) is 0 Å². The molecule has 0 spiro atoms. The highest BCUT2D eigenvalue weighted by Gasteiger charge is 2.19. The Morgan fingerprint density at radius 3 is 1.96 bits per heavy atom. The van der Waals surface area contributed by atoms with Gasteiger partial charge in [-0.15, -0.1) is 0 Å². The molecule has 0 unspecified atom stereocenters. The molecule has 0 saturated carbocycles.